The van der Waals surface area contributed by atoms with E-state index in [4.69, 9.17) is 10.7 Å². The highest BCUT2D eigenvalue weighted by Crippen LogP contribution is 2.51. The van der Waals surface area contributed by atoms with Gasteiger partial charge in [0, 0.05) is 17.0 Å². The normalized spacial score (nSPS) is 25.6. The molecule has 1 aromatic heterocycles. The smallest absolute Gasteiger partial charge is 0.281 e. The molecule has 1 aromatic carbocycles. The monoisotopic (exact) mass is 449 g/mol. The van der Waals surface area contributed by atoms with Crippen LogP contribution in [0.15, 0.2) is 35.6 Å². The molecule has 1 saturated carbocycles. The average Bonchev–Trinajstić information content (AvgIpc) is 2.75. The highest BCUT2D eigenvalue weighted by atomic mass is 32.2. The quantitative estimate of drug-likeness (QED) is 0.717. The van der Waals surface area contributed by atoms with Crippen LogP contribution < -0.4 is 11.1 Å². The van der Waals surface area contributed by atoms with Gasteiger partial charge in [-0.2, -0.15) is 0 Å². The number of thioether (sulfide) groups is 1. The van der Waals surface area contributed by atoms with E-state index in [1.807, 2.05) is 0 Å². The number of anilines is 1. The number of hydrogen-bond donors (Lipinski definition) is 2. The van der Waals surface area contributed by atoms with Gasteiger partial charge in [0.1, 0.15) is 17.2 Å². The molecule has 3 atom stereocenters. The first kappa shape index (κ1) is 21.6. The second kappa shape index (κ2) is 8.49. The lowest BCUT2D eigenvalue weighted by molar-refractivity contribution is 0.102. The molecule has 0 saturated heterocycles. The molecule has 1 fully saturated rings. The Morgan fingerprint density at radius 1 is 1.32 bits per heavy atom. The van der Waals surface area contributed by atoms with Crippen molar-refractivity contribution in [2.45, 2.75) is 38.2 Å². The Bertz CT molecular complexity index is 1020. The van der Waals surface area contributed by atoms with Crippen molar-refractivity contribution in [2.24, 2.45) is 22.6 Å². The molecule has 1 amide bonds. The zero-order chi connectivity index (χ0) is 22.2. The van der Waals surface area contributed by atoms with Crippen molar-refractivity contribution in [1.82, 2.24) is 9.97 Å². The Labute approximate surface area is 181 Å². The maximum absolute atomic E-state index is 15.0. The Morgan fingerprint density at radius 2 is 2.13 bits per heavy atom. The van der Waals surface area contributed by atoms with Crippen LogP contribution in [-0.4, -0.2) is 26.8 Å². The number of rotatable bonds is 4. The number of fused-ring (bicyclic) bond motifs is 1. The lowest BCUT2D eigenvalue weighted by Crippen LogP contribution is -2.44. The summed E-state index contributed by atoms with van der Waals surface area (Å²) in [6, 6.07) is 4.33. The van der Waals surface area contributed by atoms with Crippen LogP contribution in [0.1, 0.15) is 54.4 Å². The maximum Gasteiger partial charge on any atom is 0.281 e. The van der Waals surface area contributed by atoms with Crippen molar-refractivity contribution in [1.29, 1.82) is 0 Å². The van der Waals surface area contributed by atoms with Gasteiger partial charge in [-0.1, -0.05) is 18.7 Å². The second-order valence-electron chi connectivity index (χ2n) is 8.04. The average molecular weight is 450 g/mol. The third kappa shape index (κ3) is 4.26. The van der Waals surface area contributed by atoms with Crippen LogP contribution >= 0.6 is 11.8 Å². The summed E-state index contributed by atoms with van der Waals surface area (Å²) in [5, 5.41) is 3.08. The standard InChI is InChI=1S/C21H22F3N5OS/c1-11-4-5-21(12(6-11)10-31-20(25)29-21)14-7-13(2-3-15(14)22)28-19(30)17-9-26-16(8-27-17)18(23)24/h2-3,7-9,11-12,18H,4-6,10H2,1H3,(H2,25,29)(H,28,30)/t11-,12?,21+/m1/s1. The number of carbonyl (C=O) groups is 1. The minimum absolute atomic E-state index is 0.117. The van der Waals surface area contributed by atoms with Gasteiger partial charge in [-0.15, -0.1) is 0 Å². The molecule has 164 valence electrons. The molecule has 1 aliphatic heterocycles. The largest absolute Gasteiger partial charge is 0.379 e. The summed E-state index contributed by atoms with van der Waals surface area (Å²) in [4.78, 5) is 24.5. The number of nitrogens with zero attached hydrogens (tertiary/aromatic N) is 3. The van der Waals surface area contributed by atoms with Crippen molar-refractivity contribution < 1.29 is 18.0 Å². The predicted octanol–water partition coefficient (Wildman–Crippen LogP) is 4.50. The number of nitrogens with one attached hydrogen (secondary N) is 1. The summed E-state index contributed by atoms with van der Waals surface area (Å²) in [6.07, 6.45) is 1.58. The van der Waals surface area contributed by atoms with Crippen molar-refractivity contribution in [3.05, 3.63) is 53.4 Å². The van der Waals surface area contributed by atoms with Crippen LogP contribution in [0.4, 0.5) is 18.9 Å². The molecule has 2 aliphatic rings. The number of aliphatic imine (C=N–C) groups is 1. The minimum Gasteiger partial charge on any atom is -0.379 e. The molecular formula is C21H22F3N5OS. The number of carbonyl (C=O) groups excluding carboxylic acids is 1. The molecule has 3 N–H and O–H groups in total. The van der Waals surface area contributed by atoms with Gasteiger partial charge in [0.25, 0.3) is 12.3 Å². The number of hydrogen-bond acceptors (Lipinski definition) is 6. The lowest BCUT2D eigenvalue weighted by atomic mass is 9.66. The fraction of sp³-hybridized carbons (Fsp3) is 0.429. The molecule has 1 unspecified atom stereocenters. The highest BCUT2D eigenvalue weighted by Gasteiger charge is 2.47. The van der Waals surface area contributed by atoms with Crippen molar-refractivity contribution in [3.63, 3.8) is 0 Å². The SMILES string of the molecule is C[C@@H]1CC[C@]2(c3cc(NC(=O)c4cnc(C(F)F)cn4)ccc3F)N=C(N)SCC2C1. The first-order chi connectivity index (χ1) is 14.8. The van der Waals surface area contributed by atoms with E-state index >= 15 is 4.39 Å². The van der Waals surface area contributed by atoms with Gasteiger partial charge in [0.05, 0.1) is 17.9 Å². The molecule has 10 heteroatoms. The molecule has 4 rings (SSSR count). The van der Waals surface area contributed by atoms with Crippen molar-refractivity contribution >= 4 is 28.5 Å². The number of aromatic nitrogens is 2. The summed E-state index contributed by atoms with van der Waals surface area (Å²) in [5.74, 6) is 0.402. The number of benzene rings is 1. The zero-order valence-corrected chi connectivity index (χ0v) is 17.6. The number of halogens is 3. The van der Waals surface area contributed by atoms with Crippen LogP contribution in [-0.2, 0) is 5.54 Å². The Kier molecular flexibility index (Phi) is 5.92. The Morgan fingerprint density at radius 3 is 2.84 bits per heavy atom. The predicted molar refractivity (Wildman–Crippen MR) is 114 cm³/mol. The molecule has 2 aromatic rings. The number of amides is 1. The molecule has 0 radical (unpaired) electrons. The number of alkyl halides is 2. The summed E-state index contributed by atoms with van der Waals surface area (Å²) in [6.45, 7) is 2.18. The van der Waals surface area contributed by atoms with E-state index in [0.717, 1.165) is 31.0 Å². The summed E-state index contributed by atoms with van der Waals surface area (Å²) >= 11 is 1.49. The van der Waals surface area contributed by atoms with Crippen LogP contribution in [0, 0.1) is 17.7 Å². The molecule has 0 spiro atoms. The summed E-state index contributed by atoms with van der Waals surface area (Å²) in [7, 11) is 0. The van der Waals surface area contributed by atoms with Gasteiger partial charge in [0.15, 0.2) is 5.17 Å². The number of nitrogens with two attached hydrogens (primary N) is 1. The van der Waals surface area contributed by atoms with E-state index in [-0.39, 0.29) is 11.6 Å². The fourth-order valence-electron chi connectivity index (χ4n) is 4.35. The number of amidine groups is 1. The fourth-order valence-corrected chi connectivity index (χ4v) is 5.36. The van der Waals surface area contributed by atoms with Crippen LogP contribution in [0.25, 0.3) is 0 Å². The van der Waals surface area contributed by atoms with E-state index in [2.05, 4.69) is 22.2 Å². The van der Waals surface area contributed by atoms with Gasteiger partial charge in [-0.3, -0.25) is 14.8 Å². The van der Waals surface area contributed by atoms with E-state index in [0.29, 0.717) is 28.8 Å². The zero-order valence-electron chi connectivity index (χ0n) is 16.8. The van der Waals surface area contributed by atoms with E-state index < -0.39 is 29.4 Å². The second-order valence-corrected chi connectivity index (χ2v) is 9.08. The Hall–Kier alpha value is -2.62. The van der Waals surface area contributed by atoms with Crippen LogP contribution in [0.5, 0.6) is 0 Å². The maximum atomic E-state index is 15.0. The van der Waals surface area contributed by atoms with E-state index in [1.54, 1.807) is 6.07 Å². The molecule has 6 nitrogen and oxygen atoms in total. The van der Waals surface area contributed by atoms with Crippen LogP contribution in [0.3, 0.4) is 0 Å². The first-order valence-corrected chi connectivity index (χ1v) is 11.0. The summed E-state index contributed by atoms with van der Waals surface area (Å²) < 4.78 is 40.3. The minimum atomic E-state index is -2.77. The van der Waals surface area contributed by atoms with E-state index in [1.165, 1.54) is 23.9 Å². The molecule has 2 heterocycles. The van der Waals surface area contributed by atoms with E-state index in [9.17, 15) is 13.6 Å². The first-order valence-electron chi connectivity index (χ1n) is 9.98. The van der Waals surface area contributed by atoms with Crippen LogP contribution in [0.2, 0.25) is 0 Å². The third-order valence-electron chi connectivity index (χ3n) is 5.94. The molecule has 0 bridgehead atoms. The van der Waals surface area contributed by atoms with Gasteiger partial charge >= 0.3 is 0 Å². The molecule has 1 aliphatic carbocycles. The molecule has 31 heavy (non-hydrogen) atoms. The Balaban J connectivity index is 1.64. The highest BCUT2D eigenvalue weighted by molar-refractivity contribution is 8.13. The van der Waals surface area contributed by atoms with Gasteiger partial charge in [-0.25, -0.2) is 18.2 Å². The van der Waals surface area contributed by atoms with Gasteiger partial charge in [0.2, 0.25) is 0 Å². The third-order valence-corrected chi connectivity index (χ3v) is 6.90. The lowest BCUT2D eigenvalue weighted by Gasteiger charge is -2.46. The van der Waals surface area contributed by atoms with Crippen molar-refractivity contribution in [2.75, 3.05) is 11.1 Å². The van der Waals surface area contributed by atoms with Gasteiger partial charge in [-0.05, 0) is 49.3 Å². The summed E-state index contributed by atoms with van der Waals surface area (Å²) in [5.41, 5.74) is 5.41. The molecular weight excluding hydrogens is 427 g/mol. The van der Waals surface area contributed by atoms with Crippen molar-refractivity contribution in [3.8, 4) is 0 Å². The topological polar surface area (TPSA) is 93.3 Å². The van der Waals surface area contributed by atoms with Gasteiger partial charge < -0.3 is 11.1 Å².